The fourth-order valence-corrected chi connectivity index (χ4v) is 13.5. The Labute approximate surface area is 670 Å². The van der Waals surface area contributed by atoms with Crippen LogP contribution in [0.2, 0.25) is 0 Å². The minimum Gasteiger partial charge on any atom is -0.462 e. The largest absolute Gasteiger partial charge is 0.462 e. The molecule has 0 aromatic heterocycles. The molecule has 0 heterocycles. The lowest BCUT2D eigenvalue weighted by atomic mass is 9.85. The quantitative estimate of drug-likeness (QED) is 0.0311. The van der Waals surface area contributed by atoms with Crippen LogP contribution in [0.3, 0.4) is 0 Å². The monoisotopic (exact) mass is 1580 g/mol. The Morgan fingerprint density at radius 1 is 0.527 bits per heavy atom. The van der Waals surface area contributed by atoms with Crippen molar-refractivity contribution in [3.05, 3.63) is 48.0 Å². The van der Waals surface area contributed by atoms with Crippen LogP contribution in [0, 0.1) is 59.2 Å². The molecule has 0 unspecified atom stereocenters. The predicted octanol–water partition coefficient (Wildman–Crippen LogP) is 8.83. The lowest BCUT2D eigenvalue weighted by molar-refractivity contribution is -0.164. The Morgan fingerprint density at radius 2 is 1.04 bits per heavy atom. The van der Waals surface area contributed by atoms with Crippen molar-refractivity contribution >= 4 is 82.6 Å². The Morgan fingerprint density at radius 3 is 1.54 bits per heavy atom. The highest BCUT2D eigenvalue weighted by Crippen LogP contribution is 2.29. The number of carbonyl (C=O) groups is 14. The van der Waals surface area contributed by atoms with Gasteiger partial charge in [-0.3, -0.25) is 57.5 Å². The number of allylic oxidation sites excluding steroid dienone is 2. The number of hydrogen-bond donors (Lipinski definition) is 3. The summed E-state index contributed by atoms with van der Waals surface area (Å²) >= 11 is 0. The summed E-state index contributed by atoms with van der Waals surface area (Å²) in [5.41, 5.74) is 0.847. The summed E-state index contributed by atoms with van der Waals surface area (Å²) in [4.78, 5) is 208. The number of nitrogens with zero attached hydrogens (tertiary/aromatic N) is 7. The zero-order valence-electron chi connectivity index (χ0n) is 72.1. The van der Waals surface area contributed by atoms with E-state index in [1.807, 2.05) is 78.0 Å². The molecule has 14 atom stereocenters. The van der Waals surface area contributed by atoms with Crippen molar-refractivity contribution in [2.45, 2.75) is 257 Å². The molecule has 0 spiro atoms. The van der Waals surface area contributed by atoms with Crippen LogP contribution in [0.4, 0.5) is 4.79 Å². The lowest BCUT2D eigenvalue weighted by Gasteiger charge is -2.42. The van der Waals surface area contributed by atoms with Crippen LogP contribution >= 0.6 is 0 Å². The van der Waals surface area contributed by atoms with E-state index in [1.54, 1.807) is 96.5 Å². The van der Waals surface area contributed by atoms with Gasteiger partial charge in [-0.15, -0.1) is 0 Å². The molecule has 28 heteroatoms. The van der Waals surface area contributed by atoms with Crippen molar-refractivity contribution < 1.29 is 86.1 Å². The third-order valence-corrected chi connectivity index (χ3v) is 20.6. The summed E-state index contributed by atoms with van der Waals surface area (Å²) in [5, 5.41) is 8.71. The first-order chi connectivity index (χ1) is 51.8. The SMILES string of the molecule is C.C/C=C/C[C@@H](C)[C@@H](OC(C)=O)[C@@H](C(=O)N[C@@H](CC)C(=O)OCCN(C)C(C)=O)N(C)C(=O)[C@H](C(C)C)N(C)C(=O)[C@H](CC(C)C)N(C)C(=O)[C@H](CC(C)C)N(C)C(=O)[C@@H](C)CC(=O)[C@H](C)CC(=O)[C@H](CC(C)C)N(C)C(=O)[C@@H](NC(=O)[C@@H](CC(=O)[C@@H](CCCN(C)C(=O)OCc1ccccc1)NC)[C@H](C)COC)C(C)C. The topological polar surface area (TPSA) is 335 Å². The molecule has 9 amide bonds. The van der Waals surface area contributed by atoms with Crippen LogP contribution in [0.5, 0.6) is 0 Å². The van der Waals surface area contributed by atoms with Gasteiger partial charge >= 0.3 is 18.0 Å². The molecule has 0 aliphatic heterocycles. The van der Waals surface area contributed by atoms with Gasteiger partial charge < -0.3 is 69.2 Å². The molecule has 0 radical (unpaired) electrons. The second-order valence-corrected chi connectivity index (χ2v) is 32.3. The smallest absolute Gasteiger partial charge is 0.409 e. The first-order valence-electron chi connectivity index (χ1n) is 39.5. The number of Topliss-reactive ketones (excluding diaryl/α,β-unsaturated/α-hetero) is 3. The van der Waals surface area contributed by atoms with E-state index >= 15 is 14.4 Å². The molecule has 112 heavy (non-hydrogen) atoms. The lowest BCUT2D eigenvalue weighted by Crippen LogP contribution is -2.63. The Hall–Kier alpha value is -8.14. The minimum absolute atomic E-state index is 0. The number of benzene rings is 1. The number of nitrogens with one attached hydrogen (secondary N) is 3. The summed E-state index contributed by atoms with van der Waals surface area (Å²) in [6.45, 7) is 31.4. The summed E-state index contributed by atoms with van der Waals surface area (Å²) in [6.07, 6.45) is 2.69. The second-order valence-electron chi connectivity index (χ2n) is 32.3. The van der Waals surface area contributed by atoms with Gasteiger partial charge in [0.25, 0.3) is 0 Å². The maximum absolute atomic E-state index is 15.3. The van der Waals surface area contributed by atoms with E-state index in [2.05, 4.69) is 16.0 Å². The van der Waals surface area contributed by atoms with Crippen molar-refractivity contribution in [2.75, 3.05) is 89.8 Å². The molecular formula is C84H144N10O18. The third kappa shape index (κ3) is 33.5. The molecule has 0 fully saturated rings. The van der Waals surface area contributed by atoms with Crippen LogP contribution in [-0.4, -0.2) is 261 Å². The number of ether oxygens (including phenoxy) is 4. The van der Waals surface area contributed by atoms with Crippen molar-refractivity contribution in [1.82, 2.24) is 50.2 Å². The normalized spacial score (nSPS) is 15.3. The molecule has 0 bridgehead atoms. The Balaban J connectivity index is 0.000123. The van der Waals surface area contributed by atoms with Gasteiger partial charge in [-0.2, -0.15) is 0 Å². The number of methoxy groups -OCH3 is 1. The molecule has 3 N–H and O–H groups in total. The van der Waals surface area contributed by atoms with E-state index in [1.165, 1.54) is 85.6 Å². The van der Waals surface area contributed by atoms with E-state index in [-0.39, 0.29) is 108 Å². The van der Waals surface area contributed by atoms with Gasteiger partial charge in [-0.05, 0) is 106 Å². The van der Waals surface area contributed by atoms with Gasteiger partial charge in [0.1, 0.15) is 61.4 Å². The second kappa shape index (κ2) is 51.6. The molecule has 638 valence electrons. The highest BCUT2D eigenvalue weighted by Gasteiger charge is 2.47. The highest BCUT2D eigenvalue weighted by atomic mass is 16.6. The zero-order valence-corrected chi connectivity index (χ0v) is 72.1. The van der Waals surface area contributed by atoms with Gasteiger partial charge in [0.05, 0.1) is 18.6 Å². The van der Waals surface area contributed by atoms with E-state index in [9.17, 15) is 52.7 Å². The Bertz CT molecular complexity index is 3220. The fraction of sp³-hybridized carbons (Fsp3) is 0.738. The third-order valence-electron chi connectivity index (χ3n) is 20.6. The Kier molecular flexibility index (Phi) is 47.8. The number of esters is 2. The minimum atomic E-state index is -1.56. The molecular weight excluding hydrogens is 1440 g/mol. The van der Waals surface area contributed by atoms with Gasteiger partial charge in [0.15, 0.2) is 11.6 Å². The molecule has 1 rings (SSSR count). The molecule has 1 aromatic rings. The van der Waals surface area contributed by atoms with Crippen LogP contribution in [-0.2, 0) is 87.9 Å². The first-order valence-corrected chi connectivity index (χ1v) is 39.5. The number of rotatable bonds is 51. The standard InChI is InChI=1S/C83H140N10O18.CH4/c1-28-30-35-55(13)74(111-60(18)95)73(76(100)85-63(29-2)82(106)109-41-40-87(20)59(17)94)93(26)81(105)72(54(11)12)92(25)79(103)67(44-52(7)8)91(24)78(102)66(43-51(5)6)90(23)77(101)57(15)46-68(96)56(14)45-70(98)65(42-50(3)4)89(22)80(104)71(53(9)10)86-75(99)62(58(16)48-108-27)47-69(97)64(84-19)38-34-39-88(21)83(107)110-49-61-36-32-31-33-37-61;/h28,30-33,36-37,50-58,62-67,71-74,84H,29,34-35,38-49H2,1-27H3,(H,85,100)(H,86,99);1H4/b30-28+;/t55-,56-,57+,58-,62+,63+,64-,65+,66+,67+,71+,72+,73+,74-;/m1./s1. The summed E-state index contributed by atoms with van der Waals surface area (Å²) in [5.74, 6) is -12.7. The summed E-state index contributed by atoms with van der Waals surface area (Å²) in [6, 6.07) is 0.0515. The van der Waals surface area contributed by atoms with E-state index in [0.717, 1.165) is 10.5 Å². The number of amides is 9. The first kappa shape index (κ1) is 104. The molecule has 28 nitrogen and oxygen atoms in total. The molecule has 0 aliphatic rings. The number of hydrogen-bond acceptors (Lipinski definition) is 19. The van der Waals surface area contributed by atoms with Gasteiger partial charge in [-0.25, -0.2) is 9.59 Å². The molecule has 0 saturated heterocycles. The van der Waals surface area contributed by atoms with E-state index in [0.29, 0.717) is 25.8 Å². The maximum atomic E-state index is 15.3. The van der Waals surface area contributed by atoms with Crippen LogP contribution < -0.4 is 16.0 Å². The van der Waals surface area contributed by atoms with Gasteiger partial charge in [0, 0.05) is 120 Å². The average Bonchev–Trinajstić information content (AvgIpc) is 0.791. The zero-order chi connectivity index (χ0) is 85.2. The van der Waals surface area contributed by atoms with Crippen molar-refractivity contribution in [3.63, 3.8) is 0 Å². The van der Waals surface area contributed by atoms with Crippen molar-refractivity contribution in [3.8, 4) is 0 Å². The van der Waals surface area contributed by atoms with Crippen molar-refractivity contribution in [2.24, 2.45) is 59.2 Å². The van der Waals surface area contributed by atoms with Gasteiger partial charge in [-0.1, -0.05) is 154 Å². The summed E-state index contributed by atoms with van der Waals surface area (Å²) < 4.78 is 22.2. The summed E-state index contributed by atoms with van der Waals surface area (Å²) in [7, 11) is 13.5. The average molecular weight is 1580 g/mol. The number of carbonyl (C=O) groups excluding carboxylic acids is 14. The van der Waals surface area contributed by atoms with Crippen molar-refractivity contribution in [1.29, 1.82) is 0 Å². The molecule has 0 aliphatic carbocycles. The predicted molar refractivity (Wildman–Crippen MR) is 433 cm³/mol. The van der Waals surface area contributed by atoms with E-state index in [4.69, 9.17) is 18.9 Å². The van der Waals surface area contributed by atoms with Crippen LogP contribution in [0.25, 0.3) is 0 Å². The van der Waals surface area contributed by atoms with Crippen LogP contribution in [0.15, 0.2) is 42.5 Å². The van der Waals surface area contributed by atoms with Gasteiger partial charge in [0.2, 0.25) is 47.3 Å². The number of ketones is 3. The maximum Gasteiger partial charge on any atom is 0.409 e. The molecule has 0 saturated carbocycles. The highest BCUT2D eigenvalue weighted by molar-refractivity contribution is 5.99. The number of likely N-dealkylation sites (N-methyl/N-ethyl adjacent to an activating group) is 7. The fourth-order valence-electron chi connectivity index (χ4n) is 13.5. The molecule has 1 aromatic carbocycles. The van der Waals surface area contributed by atoms with E-state index < -0.39 is 167 Å². The van der Waals surface area contributed by atoms with Crippen LogP contribution in [0.1, 0.15) is 202 Å².